The van der Waals surface area contributed by atoms with Gasteiger partial charge in [-0.25, -0.2) is 0 Å². The third-order valence-electron chi connectivity index (χ3n) is 1.32. The van der Waals surface area contributed by atoms with Crippen molar-refractivity contribution in [3.63, 3.8) is 0 Å². The maximum Gasteiger partial charge on any atom is 0.116 e. The number of hydrogen-bond donors (Lipinski definition) is 0. The second-order valence-electron chi connectivity index (χ2n) is 2.03. The Bertz CT molecular complexity index is 241. The lowest BCUT2D eigenvalue weighted by atomic mass is 10.2. The summed E-state index contributed by atoms with van der Waals surface area (Å²) in [7, 11) is 0. The molecular formula is C8H7Cl2P. The monoisotopic (exact) mass is 204 g/mol. The average molecular weight is 205 g/mol. The molecule has 0 fully saturated rings. The zero-order valence-electron chi connectivity index (χ0n) is 5.80. The summed E-state index contributed by atoms with van der Waals surface area (Å²) in [6, 6.07) is 7.73. The van der Waals surface area contributed by atoms with Gasteiger partial charge in [0.25, 0.3) is 0 Å². The topological polar surface area (TPSA) is 0 Å². The van der Waals surface area contributed by atoms with Crippen LogP contribution in [0.3, 0.4) is 0 Å². The van der Waals surface area contributed by atoms with Gasteiger partial charge in [0.15, 0.2) is 0 Å². The Hall–Kier alpha value is -0.0300. The van der Waals surface area contributed by atoms with Gasteiger partial charge in [0.05, 0.1) is 0 Å². The first-order valence-electron chi connectivity index (χ1n) is 3.08. The molecule has 1 aromatic rings. The van der Waals surface area contributed by atoms with Crippen molar-refractivity contribution < 1.29 is 0 Å². The van der Waals surface area contributed by atoms with Crippen LogP contribution in [0.4, 0.5) is 0 Å². The Kier molecular flexibility index (Phi) is 3.39. The largest absolute Gasteiger partial charge is 0.116 e. The summed E-state index contributed by atoms with van der Waals surface area (Å²) in [4.78, 5) is 0. The third kappa shape index (κ3) is 2.48. The van der Waals surface area contributed by atoms with Crippen molar-refractivity contribution >= 4 is 40.5 Å². The van der Waals surface area contributed by atoms with Crippen molar-refractivity contribution in [3.8, 4) is 0 Å². The first-order valence-corrected chi connectivity index (χ1v) is 6.23. The number of benzene rings is 1. The molecule has 11 heavy (non-hydrogen) atoms. The minimum Gasteiger partial charge on any atom is -0.0985 e. The van der Waals surface area contributed by atoms with E-state index in [1.807, 2.05) is 24.3 Å². The molecule has 0 radical (unpaired) electrons. The van der Waals surface area contributed by atoms with Crippen LogP contribution in [0.15, 0.2) is 30.8 Å². The molecule has 0 atom stereocenters. The summed E-state index contributed by atoms with van der Waals surface area (Å²) in [6.07, 6.45) is 1.79. The lowest BCUT2D eigenvalue weighted by Gasteiger charge is -1.99. The van der Waals surface area contributed by atoms with Crippen molar-refractivity contribution in [2.45, 2.75) is 0 Å². The molecular weight excluding hydrogens is 198 g/mol. The maximum absolute atomic E-state index is 5.70. The molecule has 0 aliphatic carbocycles. The van der Waals surface area contributed by atoms with Crippen LogP contribution in [-0.4, -0.2) is 0 Å². The van der Waals surface area contributed by atoms with Crippen molar-refractivity contribution in [1.82, 2.24) is 0 Å². The third-order valence-corrected chi connectivity index (χ3v) is 3.18. The molecule has 0 saturated heterocycles. The zero-order chi connectivity index (χ0) is 8.27. The van der Waals surface area contributed by atoms with Crippen LogP contribution in [0.1, 0.15) is 5.56 Å². The molecule has 0 aromatic heterocycles. The quantitative estimate of drug-likeness (QED) is 0.645. The molecule has 0 bridgehead atoms. The minimum absolute atomic E-state index is 0.980. The molecule has 1 aromatic carbocycles. The van der Waals surface area contributed by atoms with Crippen molar-refractivity contribution in [2.24, 2.45) is 0 Å². The molecule has 0 aliphatic rings. The summed E-state index contributed by atoms with van der Waals surface area (Å²) >= 11 is 11.4. The van der Waals surface area contributed by atoms with E-state index in [1.165, 1.54) is 0 Å². The SMILES string of the molecule is C=Cc1ccc(P(Cl)Cl)cc1. The fourth-order valence-electron chi connectivity index (χ4n) is 0.723. The minimum atomic E-state index is -1.00. The van der Waals surface area contributed by atoms with Crippen LogP contribution in [0.2, 0.25) is 0 Å². The molecule has 0 unspecified atom stereocenters. The van der Waals surface area contributed by atoms with E-state index < -0.39 is 6.63 Å². The van der Waals surface area contributed by atoms with E-state index in [9.17, 15) is 0 Å². The van der Waals surface area contributed by atoms with E-state index in [-0.39, 0.29) is 0 Å². The maximum atomic E-state index is 5.70. The fraction of sp³-hybridized carbons (Fsp3) is 0. The Morgan fingerprint density at radius 1 is 1.18 bits per heavy atom. The lowest BCUT2D eigenvalue weighted by molar-refractivity contribution is 1.71. The number of hydrogen-bond acceptors (Lipinski definition) is 0. The second-order valence-corrected chi connectivity index (χ2v) is 5.56. The predicted molar refractivity (Wildman–Crippen MR) is 54.8 cm³/mol. The highest BCUT2D eigenvalue weighted by Crippen LogP contribution is 2.45. The van der Waals surface area contributed by atoms with Gasteiger partial charge in [-0.05, 0) is 5.56 Å². The van der Waals surface area contributed by atoms with Crippen molar-refractivity contribution in [3.05, 3.63) is 36.4 Å². The van der Waals surface area contributed by atoms with E-state index in [0.29, 0.717) is 0 Å². The number of rotatable bonds is 2. The molecule has 0 spiro atoms. The molecule has 1 rings (SSSR count). The highest BCUT2D eigenvalue weighted by atomic mass is 35.9. The fourth-order valence-corrected chi connectivity index (χ4v) is 1.77. The van der Waals surface area contributed by atoms with Gasteiger partial charge in [-0.15, -0.1) is 0 Å². The Labute approximate surface area is 77.2 Å². The highest BCUT2D eigenvalue weighted by molar-refractivity contribution is 8.08. The zero-order valence-corrected chi connectivity index (χ0v) is 8.20. The van der Waals surface area contributed by atoms with Crippen LogP contribution < -0.4 is 5.30 Å². The molecule has 0 nitrogen and oxygen atoms in total. The van der Waals surface area contributed by atoms with Crippen LogP contribution in [0, 0.1) is 0 Å². The highest BCUT2D eigenvalue weighted by Gasteiger charge is 2.01. The van der Waals surface area contributed by atoms with Gasteiger partial charge >= 0.3 is 0 Å². The van der Waals surface area contributed by atoms with Gasteiger partial charge in [-0.2, -0.15) is 0 Å². The van der Waals surface area contributed by atoms with Gasteiger partial charge in [0.2, 0.25) is 0 Å². The summed E-state index contributed by atoms with van der Waals surface area (Å²) in [5.74, 6) is 0. The first kappa shape index (κ1) is 9.06. The van der Waals surface area contributed by atoms with Crippen LogP contribution in [-0.2, 0) is 0 Å². The Balaban J connectivity index is 2.91. The standard InChI is InChI=1S/C8H7Cl2P/c1-2-7-3-5-8(6-4-7)11(9)10/h2-6H,1H2. The van der Waals surface area contributed by atoms with Gasteiger partial charge in [0, 0.05) is 5.30 Å². The van der Waals surface area contributed by atoms with E-state index in [1.54, 1.807) is 6.08 Å². The molecule has 0 amide bonds. The Morgan fingerprint density at radius 3 is 2.09 bits per heavy atom. The molecule has 0 heterocycles. The van der Waals surface area contributed by atoms with Crippen LogP contribution >= 0.6 is 29.1 Å². The molecule has 58 valence electrons. The van der Waals surface area contributed by atoms with Gasteiger partial charge in [-0.3, -0.25) is 0 Å². The Morgan fingerprint density at radius 2 is 1.73 bits per heavy atom. The first-order chi connectivity index (χ1) is 5.24. The number of halogens is 2. The predicted octanol–water partition coefficient (Wildman–Crippen LogP) is 3.74. The van der Waals surface area contributed by atoms with Crippen molar-refractivity contribution in [2.75, 3.05) is 0 Å². The van der Waals surface area contributed by atoms with Crippen LogP contribution in [0.5, 0.6) is 0 Å². The summed E-state index contributed by atoms with van der Waals surface area (Å²) in [6.45, 7) is 2.64. The van der Waals surface area contributed by atoms with Gasteiger partial charge in [0.1, 0.15) is 6.63 Å². The summed E-state index contributed by atoms with van der Waals surface area (Å²) in [5.41, 5.74) is 1.08. The summed E-state index contributed by atoms with van der Waals surface area (Å²) < 4.78 is 0. The summed E-state index contributed by atoms with van der Waals surface area (Å²) in [5, 5.41) is 0.980. The smallest absolute Gasteiger partial charge is 0.0985 e. The van der Waals surface area contributed by atoms with E-state index in [4.69, 9.17) is 22.5 Å². The van der Waals surface area contributed by atoms with E-state index in [0.717, 1.165) is 10.9 Å². The normalized spacial score (nSPS) is 10.1. The average Bonchev–Trinajstić information content (AvgIpc) is 2.05. The second kappa shape index (κ2) is 4.11. The van der Waals surface area contributed by atoms with Gasteiger partial charge < -0.3 is 0 Å². The van der Waals surface area contributed by atoms with E-state index >= 15 is 0 Å². The molecule has 0 N–H and O–H groups in total. The molecule has 3 heteroatoms. The lowest BCUT2D eigenvalue weighted by Crippen LogP contribution is -1.92. The van der Waals surface area contributed by atoms with Gasteiger partial charge in [-0.1, -0.05) is 59.4 Å². The molecule has 0 aliphatic heterocycles. The van der Waals surface area contributed by atoms with Crippen molar-refractivity contribution in [1.29, 1.82) is 0 Å². The molecule has 0 saturated carbocycles. The van der Waals surface area contributed by atoms with Crippen LogP contribution in [0.25, 0.3) is 6.08 Å². The van der Waals surface area contributed by atoms with E-state index in [2.05, 4.69) is 6.58 Å².